The molecule has 3 rings (SSSR count). The highest BCUT2D eigenvalue weighted by molar-refractivity contribution is 7.12. The second-order valence-corrected chi connectivity index (χ2v) is 18.9. The molecule has 0 atom stereocenters. The quantitative estimate of drug-likeness (QED) is 0.0650. The van der Waals surface area contributed by atoms with E-state index >= 15 is 0 Å². The molecule has 0 unspecified atom stereocenters. The van der Waals surface area contributed by atoms with Crippen LogP contribution in [0, 0.1) is 0 Å². The van der Waals surface area contributed by atoms with Gasteiger partial charge in [-0.2, -0.15) is 9.59 Å². The molecule has 0 spiro atoms. The van der Waals surface area contributed by atoms with Gasteiger partial charge in [-0.1, -0.05) is 38.4 Å². The van der Waals surface area contributed by atoms with Gasteiger partial charge in [-0.25, -0.2) is 19.4 Å². The lowest BCUT2D eigenvalue weighted by molar-refractivity contribution is -0.191. The molecule has 2 N–H and O–H groups in total. The Kier molecular flexibility index (Phi) is 18.2. The van der Waals surface area contributed by atoms with Gasteiger partial charge in [0.05, 0.1) is 17.8 Å². The van der Waals surface area contributed by atoms with Crippen molar-refractivity contribution < 1.29 is 52.5 Å². The fourth-order valence-electron chi connectivity index (χ4n) is 4.86. The number of nitrogens with zero attached hydrogens (tertiary/aromatic N) is 2. The summed E-state index contributed by atoms with van der Waals surface area (Å²) in [5, 5.41) is 5.10. The van der Waals surface area contributed by atoms with E-state index in [0.717, 1.165) is 4.88 Å². The Morgan fingerprint density at radius 1 is 0.750 bits per heavy atom. The average Bonchev–Trinajstić information content (AvgIpc) is 3.55. The number of nitrogens with one attached hydrogen (secondary N) is 2. The highest BCUT2D eigenvalue weighted by Gasteiger charge is 2.25. The summed E-state index contributed by atoms with van der Waals surface area (Å²) in [6, 6.07) is 14.7. The van der Waals surface area contributed by atoms with E-state index in [1.165, 1.54) is 40.1 Å². The van der Waals surface area contributed by atoms with E-state index in [1.807, 2.05) is 12.1 Å². The van der Waals surface area contributed by atoms with Crippen LogP contribution in [-0.2, 0) is 51.8 Å². The van der Waals surface area contributed by atoms with Gasteiger partial charge in [0.2, 0.25) is 11.9 Å². The highest BCUT2D eigenvalue weighted by Crippen LogP contribution is 2.31. The number of rotatable bonds is 10. The highest BCUT2D eigenvalue weighted by atomic mass is 35.5. The normalized spacial score (nSPS) is 11.4. The van der Waals surface area contributed by atoms with E-state index in [2.05, 4.69) is 36.4 Å². The van der Waals surface area contributed by atoms with Crippen LogP contribution in [0.1, 0.15) is 115 Å². The van der Waals surface area contributed by atoms with Crippen LogP contribution in [-0.4, -0.2) is 70.4 Å². The van der Waals surface area contributed by atoms with Crippen LogP contribution < -0.4 is 15.4 Å². The van der Waals surface area contributed by atoms with Crippen molar-refractivity contribution in [3.8, 4) is 5.75 Å². The SMILES string of the molecule is CC(C)(C)OC(=O)CN(Cc1ccc(C(C)(C)C)s1)C(=O)CCc1ccc(OC(=O)c2ccc(N=C(NC(=O)OC(C)(C)C)NC(=O)OC(C)(C)C)cc2)cc1Cl.O=C=O. The Hall–Kier alpha value is -5.57. The molecule has 2 aromatic carbocycles. The Balaban J connectivity index is 0.00000401. The van der Waals surface area contributed by atoms with Gasteiger partial charge in [0, 0.05) is 21.2 Å². The van der Waals surface area contributed by atoms with Crippen LogP contribution in [0.15, 0.2) is 59.6 Å². The zero-order chi connectivity index (χ0) is 45.6. The zero-order valence-electron chi connectivity index (χ0n) is 36.2. The number of aliphatic imine (C=N–C) groups is 1. The van der Waals surface area contributed by atoms with E-state index in [4.69, 9.17) is 40.1 Å². The fourth-order valence-corrected chi connectivity index (χ4v) is 6.21. The molecule has 0 aliphatic heterocycles. The van der Waals surface area contributed by atoms with E-state index in [1.54, 1.807) is 85.8 Å². The van der Waals surface area contributed by atoms with Crippen molar-refractivity contribution in [1.29, 1.82) is 0 Å². The third kappa shape index (κ3) is 19.5. The van der Waals surface area contributed by atoms with E-state index in [0.29, 0.717) is 10.6 Å². The number of carbonyl (C=O) groups is 5. The molecule has 3 amide bonds. The maximum Gasteiger partial charge on any atom is 0.414 e. The number of ether oxygens (including phenoxy) is 4. The summed E-state index contributed by atoms with van der Waals surface area (Å²) in [6.45, 7) is 21.9. The van der Waals surface area contributed by atoms with Crippen LogP contribution in [0.5, 0.6) is 5.75 Å². The van der Waals surface area contributed by atoms with Crippen molar-refractivity contribution in [2.24, 2.45) is 4.99 Å². The average molecular weight is 871 g/mol. The Morgan fingerprint density at radius 2 is 1.28 bits per heavy atom. The minimum atomic E-state index is -0.849. The van der Waals surface area contributed by atoms with Crippen molar-refractivity contribution in [2.75, 3.05) is 6.54 Å². The first-order valence-corrected chi connectivity index (χ1v) is 20.0. The predicted octanol–water partition coefficient (Wildman–Crippen LogP) is 8.67. The Morgan fingerprint density at radius 3 is 1.75 bits per heavy atom. The lowest BCUT2D eigenvalue weighted by atomic mass is 9.95. The first-order valence-electron chi connectivity index (χ1n) is 18.8. The molecule has 326 valence electrons. The molecule has 0 saturated heterocycles. The molecule has 60 heavy (non-hydrogen) atoms. The molecular weight excluding hydrogens is 816 g/mol. The molecular formula is C43H55ClN4O11S. The minimum Gasteiger partial charge on any atom is -0.459 e. The molecule has 0 aliphatic carbocycles. The molecule has 0 bridgehead atoms. The standard InChI is InChI=1S/C42H55ClN4O9S.CO2/c1-39(2,3)32-21-20-30(57-32)24-47(25-34(49)54-40(4,5)6)33(48)22-16-26-15-19-29(23-31(26)43)53-35(50)27-13-17-28(18-14-27)44-36(45-37(51)55-41(7,8)9)46-38(52)56-42(10,11)12;2-1-3/h13-15,17-21,23H,16,22,24-25H2,1-12H3,(H2,44,45,46,51,52);. The minimum absolute atomic E-state index is 0.0443. The molecule has 0 saturated carbocycles. The topological polar surface area (TPSA) is 196 Å². The summed E-state index contributed by atoms with van der Waals surface area (Å²) in [5.41, 5.74) is -1.22. The number of halogens is 1. The molecule has 15 nitrogen and oxygen atoms in total. The van der Waals surface area contributed by atoms with Gasteiger partial charge in [-0.3, -0.25) is 20.2 Å². The van der Waals surface area contributed by atoms with E-state index in [9.17, 15) is 24.0 Å². The number of esters is 2. The fraction of sp³-hybridized carbons (Fsp3) is 0.465. The summed E-state index contributed by atoms with van der Waals surface area (Å²) in [5.74, 6) is -1.47. The number of amides is 3. The van der Waals surface area contributed by atoms with Crippen LogP contribution in [0.25, 0.3) is 0 Å². The molecule has 0 aliphatic rings. The van der Waals surface area contributed by atoms with Crippen molar-refractivity contribution >= 4 is 70.8 Å². The summed E-state index contributed by atoms with van der Waals surface area (Å²) < 4.78 is 21.6. The zero-order valence-corrected chi connectivity index (χ0v) is 37.8. The molecule has 0 fully saturated rings. The number of carbonyl (C=O) groups excluding carboxylic acids is 7. The summed E-state index contributed by atoms with van der Waals surface area (Å²) in [7, 11) is 0. The molecule has 3 aromatic rings. The van der Waals surface area contributed by atoms with Gasteiger partial charge in [-0.05, 0) is 128 Å². The third-order valence-electron chi connectivity index (χ3n) is 7.27. The molecule has 1 aromatic heterocycles. The van der Waals surface area contributed by atoms with E-state index in [-0.39, 0.29) is 66.4 Å². The van der Waals surface area contributed by atoms with Crippen LogP contribution in [0.4, 0.5) is 15.3 Å². The second kappa shape index (κ2) is 21.6. The first kappa shape index (κ1) is 50.6. The van der Waals surface area contributed by atoms with Gasteiger partial charge in [0.1, 0.15) is 29.1 Å². The van der Waals surface area contributed by atoms with Gasteiger partial charge in [-0.15, -0.1) is 11.3 Å². The summed E-state index contributed by atoms with van der Waals surface area (Å²) in [6.07, 6.45) is -1.09. The monoisotopic (exact) mass is 870 g/mol. The van der Waals surface area contributed by atoms with Gasteiger partial charge in [0.15, 0.2) is 0 Å². The second-order valence-electron chi connectivity index (χ2n) is 17.3. The van der Waals surface area contributed by atoms with Gasteiger partial charge < -0.3 is 23.8 Å². The van der Waals surface area contributed by atoms with Crippen molar-refractivity contribution in [3.63, 3.8) is 0 Å². The molecule has 0 radical (unpaired) electrons. The first-order chi connectivity index (χ1) is 27.6. The lowest BCUT2D eigenvalue weighted by Gasteiger charge is -2.25. The van der Waals surface area contributed by atoms with Crippen LogP contribution >= 0.6 is 22.9 Å². The maximum atomic E-state index is 13.5. The number of alkyl carbamates (subject to hydrolysis) is 2. The van der Waals surface area contributed by atoms with Gasteiger partial charge in [0.25, 0.3) is 0 Å². The van der Waals surface area contributed by atoms with Crippen LogP contribution in [0.3, 0.4) is 0 Å². The lowest BCUT2D eigenvalue weighted by Crippen LogP contribution is -2.47. The van der Waals surface area contributed by atoms with E-state index < -0.39 is 40.9 Å². The smallest absolute Gasteiger partial charge is 0.414 e. The number of hydrogen-bond acceptors (Lipinski definition) is 13. The van der Waals surface area contributed by atoms with Crippen LogP contribution in [0.2, 0.25) is 5.02 Å². The summed E-state index contributed by atoms with van der Waals surface area (Å²) in [4.78, 5) is 88.4. The number of guanidine groups is 1. The third-order valence-corrected chi connectivity index (χ3v) is 9.11. The Bertz CT molecular complexity index is 2010. The Labute approximate surface area is 360 Å². The number of aryl methyl sites for hydroxylation is 1. The summed E-state index contributed by atoms with van der Waals surface area (Å²) >= 11 is 8.19. The van der Waals surface area contributed by atoms with Crippen molar-refractivity contribution in [3.05, 3.63) is 80.5 Å². The largest absolute Gasteiger partial charge is 0.459 e. The molecule has 17 heteroatoms. The molecule has 1 heterocycles. The maximum absolute atomic E-state index is 13.5. The number of thiophene rings is 1. The predicted molar refractivity (Wildman–Crippen MR) is 226 cm³/mol. The van der Waals surface area contributed by atoms with Crippen molar-refractivity contribution in [2.45, 2.75) is 125 Å². The number of benzene rings is 2. The van der Waals surface area contributed by atoms with Crippen molar-refractivity contribution in [1.82, 2.24) is 15.5 Å². The van der Waals surface area contributed by atoms with Gasteiger partial charge >= 0.3 is 30.3 Å². The number of hydrogen-bond donors (Lipinski definition) is 2.